The quantitative estimate of drug-likeness (QED) is 0.591. The first-order valence-corrected chi connectivity index (χ1v) is 4.72. The molecular weight excluding hydrogens is 142 g/mol. The van der Waals surface area contributed by atoms with Crippen molar-refractivity contribution < 1.29 is 0 Å². The van der Waals surface area contributed by atoms with E-state index in [4.69, 9.17) is 5.73 Å². The number of hydrogen-bond acceptors (Lipinski definition) is 2. The van der Waals surface area contributed by atoms with Gasteiger partial charge >= 0.3 is 0 Å². The van der Waals surface area contributed by atoms with Crippen LogP contribution in [0.2, 0.25) is 0 Å². The Hall–Kier alpha value is 0.310. The smallest absolute Gasteiger partial charge is 0.00170 e. The molecule has 0 radical (unpaired) electrons. The molecule has 0 aromatic heterocycles. The maximum absolute atomic E-state index is 5.47. The minimum atomic E-state index is 0.675. The summed E-state index contributed by atoms with van der Waals surface area (Å²) in [6.45, 7) is 0.863. The topological polar surface area (TPSA) is 26.0 Å². The maximum atomic E-state index is 5.47. The summed E-state index contributed by atoms with van der Waals surface area (Å²) in [6.07, 6.45) is 6.53. The summed E-state index contributed by atoms with van der Waals surface area (Å²) in [5.41, 5.74) is 5.47. The van der Waals surface area contributed by atoms with Crippen molar-refractivity contribution >= 4 is 12.6 Å². The summed E-state index contributed by atoms with van der Waals surface area (Å²) in [6, 6.07) is 0. The van der Waals surface area contributed by atoms with Gasteiger partial charge in [0.2, 0.25) is 0 Å². The lowest BCUT2D eigenvalue weighted by Gasteiger charge is -2.24. The van der Waals surface area contributed by atoms with Crippen LogP contribution in [0.15, 0.2) is 0 Å². The van der Waals surface area contributed by atoms with E-state index in [9.17, 15) is 0 Å². The van der Waals surface area contributed by atoms with E-state index in [-0.39, 0.29) is 0 Å². The Morgan fingerprint density at radius 2 is 1.80 bits per heavy atom. The molecule has 0 heterocycles. The summed E-state index contributed by atoms with van der Waals surface area (Å²) in [5, 5.41) is 0.675. The van der Waals surface area contributed by atoms with E-state index in [2.05, 4.69) is 12.6 Å². The summed E-state index contributed by atoms with van der Waals surface area (Å²) in [4.78, 5) is 0. The molecule has 0 amide bonds. The maximum Gasteiger partial charge on any atom is 0.00170 e. The summed E-state index contributed by atoms with van der Waals surface area (Å²) in [7, 11) is 0. The third kappa shape index (κ3) is 2.51. The molecule has 0 aromatic carbocycles. The van der Waals surface area contributed by atoms with Gasteiger partial charge in [-0.15, -0.1) is 0 Å². The first kappa shape index (κ1) is 8.41. The minimum absolute atomic E-state index is 0.675. The molecule has 1 rings (SSSR count). The van der Waals surface area contributed by atoms with Gasteiger partial charge in [-0.05, 0) is 44.6 Å². The molecule has 0 bridgehead atoms. The Balaban J connectivity index is 2.13. The molecule has 0 unspecified atom stereocenters. The molecule has 1 aliphatic rings. The van der Waals surface area contributed by atoms with Gasteiger partial charge in [-0.3, -0.25) is 0 Å². The van der Waals surface area contributed by atoms with Crippen molar-refractivity contribution in [3.05, 3.63) is 0 Å². The predicted molar refractivity (Wildman–Crippen MR) is 48.4 cm³/mol. The normalized spacial score (nSPS) is 34.2. The van der Waals surface area contributed by atoms with Gasteiger partial charge in [-0.1, -0.05) is 0 Å². The standard InChI is InChI=1S/C8H17NS/c9-6-5-7-1-3-8(10)4-2-7/h7-8,10H,1-6,9H2. The summed E-state index contributed by atoms with van der Waals surface area (Å²) < 4.78 is 0. The van der Waals surface area contributed by atoms with Crippen molar-refractivity contribution in [1.29, 1.82) is 0 Å². The molecule has 1 aliphatic carbocycles. The molecule has 0 spiro atoms. The summed E-state index contributed by atoms with van der Waals surface area (Å²) >= 11 is 4.44. The summed E-state index contributed by atoms with van der Waals surface area (Å²) in [5.74, 6) is 0.911. The third-order valence-corrected chi connectivity index (χ3v) is 2.91. The monoisotopic (exact) mass is 159 g/mol. The predicted octanol–water partition coefficient (Wildman–Crippen LogP) is 1.82. The largest absolute Gasteiger partial charge is 0.330 e. The van der Waals surface area contributed by atoms with Crippen molar-refractivity contribution in [2.75, 3.05) is 6.54 Å². The molecule has 0 aromatic rings. The Kier molecular flexibility index (Phi) is 3.57. The van der Waals surface area contributed by atoms with Crippen molar-refractivity contribution in [1.82, 2.24) is 0 Å². The van der Waals surface area contributed by atoms with Crippen LogP contribution in [-0.4, -0.2) is 11.8 Å². The first-order valence-electron chi connectivity index (χ1n) is 4.21. The highest BCUT2D eigenvalue weighted by Gasteiger charge is 2.17. The van der Waals surface area contributed by atoms with Crippen molar-refractivity contribution in [3.63, 3.8) is 0 Å². The molecule has 0 aliphatic heterocycles. The van der Waals surface area contributed by atoms with Gasteiger partial charge in [0, 0.05) is 5.25 Å². The lowest BCUT2D eigenvalue weighted by Crippen LogP contribution is -2.17. The van der Waals surface area contributed by atoms with Gasteiger partial charge in [-0.25, -0.2) is 0 Å². The van der Waals surface area contributed by atoms with Gasteiger partial charge in [-0.2, -0.15) is 12.6 Å². The van der Waals surface area contributed by atoms with Crippen LogP contribution in [-0.2, 0) is 0 Å². The number of nitrogens with two attached hydrogens (primary N) is 1. The Morgan fingerprint density at radius 3 is 2.30 bits per heavy atom. The number of rotatable bonds is 2. The second kappa shape index (κ2) is 4.24. The lowest BCUT2D eigenvalue weighted by molar-refractivity contribution is 0.350. The molecule has 1 nitrogen and oxygen atoms in total. The highest BCUT2D eigenvalue weighted by molar-refractivity contribution is 7.80. The van der Waals surface area contributed by atoms with Gasteiger partial charge in [0.1, 0.15) is 0 Å². The van der Waals surface area contributed by atoms with Crippen LogP contribution in [0.25, 0.3) is 0 Å². The van der Waals surface area contributed by atoms with E-state index in [1.165, 1.54) is 32.1 Å². The average Bonchev–Trinajstić information content (AvgIpc) is 1.95. The van der Waals surface area contributed by atoms with Gasteiger partial charge in [0.25, 0.3) is 0 Å². The molecule has 1 fully saturated rings. The Morgan fingerprint density at radius 1 is 1.20 bits per heavy atom. The number of hydrogen-bond donors (Lipinski definition) is 2. The minimum Gasteiger partial charge on any atom is -0.330 e. The van der Waals surface area contributed by atoms with Crippen molar-refractivity contribution in [2.24, 2.45) is 11.7 Å². The van der Waals surface area contributed by atoms with E-state index in [1.807, 2.05) is 0 Å². The van der Waals surface area contributed by atoms with E-state index >= 15 is 0 Å². The second-order valence-corrected chi connectivity index (χ2v) is 3.98. The van der Waals surface area contributed by atoms with Crippen LogP contribution in [0.5, 0.6) is 0 Å². The van der Waals surface area contributed by atoms with Crippen LogP contribution in [0, 0.1) is 5.92 Å². The molecule has 0 atom stereocenters. The molecule has 60 valence electrons. The third-order valence-electron chi connectivity index (χ3n) is 2.39. The Bertz CT molecular complexity index is 87.3. The molecular formula is C8H17NS. The number of thiol groups is 1. The second-order valence-electron chi connectivity index (χ2n) is 3.25. The van der Waals surface area contributed by atoms with Crippen LogP contribution in [0.1, 0.15) is 32.1 Å². The molecule has 2 N–H and O–H groups in total. The molecule has 2 heteroatoms. The van der Waals surface area contributed by atoms with E-state index in [0.29, 0.717) is 5.25 Å². The van der Waals surface area contributed by atoms with E-state index < -0.39 is 0 Å². The van der Waals surface area contributed by atoms with Crippen LogP contribution < -0.4 is 5.73 Å². The van der Waals surface area contributed by atoms with Gasteiger partial charge < -0.3 is 5.73 Å². The van der Waals surface area contributed by atoms with Crippen LogP contribution in [0.4, 0.5) is 0 Å². The van der Waals surface area contributed by atoms with Gasteiger partial charge in [0.05, 0.1) is 0 Å². The molecule has 1 saturated carbocycles. The Labute approximate surface area is 68.8 Å². The van der Waals surface area contributed by atoms with Crippen molar-refractivity contribution in [2.45, 2.75) is 37.4 Å². The van der Waals surface area contributed by atoms with E-state index in [0.717, 1.165) is 12.5 Å². The van der Waals surface area contributed by atoms with Crippen molar-refractivity contribution in [3.8, 4) is 0 Å². The lowest BCUT2D eigenvalue weighted by atomic mass is 9.87. The van der Waals surface area contributed by atoms with Crippen LogP contribution >= 0.6 is 12.6 Å². The fourth-order valence-electron chi connectivity index (χ4n) is 1.67. The highest BCUT2D eigenvalue weighted by Crippen LogP contribution is 2.28. The van der Waals surface area contributed by atoms with Crippen LogP contribution in [0.3, 0.4) is 0 Å². The van der Waals surface area contributed by atoms with Gasteiger partial charge in [0.15, 0.2) is 0 Å². The molecule has 10 heavy (non-hydrogen) atoms. The average molecular weight is 159 g/mol. The first-order chi connectivity index (χ1) is 4.83. The zero-order valence-corrected chi connectivity index (χ0v) is 7.32. The fraction of sp³-hybridized carbons (Fsp3) is 1.00. The fourth-order valence-corrected chi connectivity index (χ4v) is 1.97. The molecule has 0 saturated heterocycles. The zero-order chi connectivity index (χ0) is 7.40. The van der Waals surface area contributed by atoms with E-state index in [1.54, 1.807) is 0 Å². The highest BCUT2D eigenvalue weighted by atomic mass is 32.1. The zero-order valence-electron chi connectivity index (χ0n) is 6.42. The SMILES string of the molecule is NCCC1CCC(S)CC1.